The van der Waals surface area contributed by atoms with E-state index in [0.29, 0.717) is 36.4 Å². The average molecular weight is 427 g/mol. The number of fused-ring (bicyclic) bond motifs is 1. The third-order valence-electron chi connectivity index (χ3n) is 5.61. The lowest BCUT2D eigenvalue weighted by molar-refractivity contribution is 0.0955. The van der Waals surface area contributed by atoms with E-state index in [0.717, 1.165) is 16.6 Å². The van der Waals surface area contributed by atoms with E-state index >= 15 is 0 Å². The van der Waals surface area contributed by atoms with Gasteiger partial charge in [0.1, 0.15) is 0 Å². The maximum Gasteiger partial charge on any atom is 0.251 e. The lowest BCUT2D eigenvalue weighted by Crippen LogP contribution is -2.32. The Kier molecular flexibility index (Phi) is 6.14. The van der Waals surface area contributed by atoms with E-state index in [1.807, 2.05) is 84.3 Å². The number of amides is 1. The molecule has 0 unspecified atom stereocenters. The third kappa shape index (κ3) is 3.81. The lowest BCUT2D eigenvalue weighted by Gasteiger charge is -2.29. The first kappa shape index (κ1) is 21.5. The molecule has 0 bridgehead atoms. The highest BCUT2D eigenvalue weighted by molar-refractivity contribution is 5.97. The largest absolute Gasteiger partial charge is 0.373 e. The van der Waals surface area contributed by atoms with Crippen molar-refractivity contribution in [3.05, 3.63) is 101 Å². The van der Waals surface area contributed by atoms with Crippen molar-refractivity contribution >= 4 is 23.2 Å². The van der Waals surface area contributed by atoms with Crippen LogP contribution in [0.1, 0.15) is 40.7 Å². The fraction of sp³-hybridized carbons (Fsp3) is 0.192. The van der Waals surface area contributed by atoms with Gasteiger partial charge in [-0.05, 0) is 48.9 Å². The maximum absolute atomic E-state index is 12.5. The number of hydrogen-bond acceptors (Lipinski definition) is 4. The summed E-state index contributed by atoms with van der Waals surface area (Å²) < 4.78 is 1.96. The van der Waals surface area contributed by atoms with Crippen LogP contribution in [0.4, 0.5) is 0 Å². The van der Waals surface area contributed by atoms with Crippen LogP contribution in [0.25, 0.3) is 11.0 Å². The van der Waals surface area contributed by atoms with Gasteiger partial charge in [0, 0.05) is 18.7 Å². The topological polar surface area (TPSA) is 91.0 Å². The molecule has 6 heteroatoms. The Morgan fingerprint density at radius 2 is 1.69 bits per heavy atom. The SMILES string of the molecule is CCn1c(C(O)(c2ccccc2)c2ccccc2)nc2ccc(C(=O)NCCC=N)cc21. The van der Waals surface area contributed by atoms with E-state index in [-0.39, 0.29) is 5.91 Å². The Labute approximate surface area is 187 Å². The number of nitrogens with one attached hydrogen (secondary N) is 2. The summed E-state index contributed by atoms with van der Waals surface area (Å²) in [6.07, 6.45) is 1.77. The number of imidazole rings is 1. The van der Waals surface area contributed by atoms with Gasteiger partial charge in [-0.25, -0.2) is 4.98 Å². The van der Waals surface area contributed by atoms with Crippen LogP contribution in [0, 0.1) is 5.41 Å². The predicted molar refractivity (Wildman–Crippen MR) is 126 cm³/mol. The molecule has 0 aliphatic rings. The zero-order valence-electron chi connectivity index (χ0n) is 18.0. The quantitative estimate of drug-likeness (QED) is 0.292. The molecule has 162 valence electrons. The summed E-state index contributed by atoms with van der Waals surface area (Å²) in [7, 11) is 0. The Hall–Kier alpha value is -3.77. The summed E-state index contributed by atoms with van der Waals surface area (Å²) in [5.41, 5.74) is 2.01. The number of carbonyl (C=O) groups is 1. The third-order valence-corrected chi connectivity index (χ3v) is 5.61. The smallest absolute Gasteiger partial charge is 0.251 e. The Balaban J connectivity index is 1.88. The summed E-state index contributed by atoms with van der Waals surface area (Å²) in [4.78, 5) is 17.4. The molecule has 3 aromatic carbocycles. The van der Waals surface area contributed by atoms with Crippen LogP contribution in [0.5, 0.6) is 0 Å². The molecular weight excluding hydrogens is 400 g/mol. The number of benzene rings is 3. The molecule has 0 radical (unpaired) electrons. The van der Waals surface area contributed by atoms with Crippen molar-refractivity contribution in [3.63, 3.8) is 0 Å². The molecule has 0 fully saturated rings. The van der Waals surface area contributed by atoms with Crippen LogP contribution in [0.15, 0.2) is 78.9 Å². The lowest BCUT2D eigenvalue weighted by atomic mass is 9.85. The summed E-state index contributed by atoms with van der Waals surface area (Å²) in [6.45, 7) is 2.99. The minimum Gasteiger partial charge on any atom is -0.373 e. The number of aryl methyl sites for hydroxylation is 1. The van der Waals surface area contributed by atoms with Gasteiger partial charge in [0.05, 0.1) is 11.0 Å². The van der Waals surface area contributed by atoms with Gasteiger partial charge in [0.15, 0.2) is 11.4 Å². The van der Waals surface area contributed by atoms with Crippen molar-refractivity contribution in [2.24, 2.45) is 0 Å². The number of nitrogens with zero attached hydrogens (tertiary/aromatic N) is 2. The fourth-order valence-corrected chi connectivity index (χ4v) is 4.00. The Bertz CT molecular complexity index is 1190. The number of aliphatic hydroxyl groups is 1. The number of rotatable bonds is 8. The highest BCUT2D eigenvalue weighted by Crippen LogP contribution is 2.37. The molecule has 0 saturated heterocycles. The monoisotopic (exact) mass is 426 g/mol. The van der Waals surface area contributed by atoms with Gasteiger partial charge in [-0.15, -0.1) is 0 Å². The van der Waals surface area contributed by atoms with Crippen molar-refractivity contribution < 1.29 is 9.90 Å². The van der Waals surface area contributed by atoms with Gasteiger partial charge < -0.3 is 20.4 Å². The van der Waals surface area contributed by atoms with Crippen LogP contribution in [-0.2, 0) is 12.1 Å². The first-order valence-corrected chi connectivity index (χ1v) is 10.7. The Morgan fingerprint density at radius 1 is 1.06 bits per heavy atom. The minimum absolute atomic E-state index is 0.194. The molecule has 4 rings (SSSR count). The van der Waals surface area contributed by atoms with Gasteiger partial charge >= 0.3 is 0 Å². The normalized spacial score (nSPS) is 11.4. The van der Waals surface area contributed by atoms with Crippen LogP contribution in [0.2, 0.25) is 0 Å². The molecule has 0 saturated carbocycles. The van der Waals surface area contributed by atoms with Crippen LogP contribution in [0.3, 0.4) is 0 Å². The summed E-state index contributed by atoms with van der Waals surface area (Å²) >= 11 is 0. The van der Waals surface area contributed by atoms with Gasteiger partial charge in [-0.3, -0.25) is 4.79 Å². The second-order valence-corrected chi connectivity index (χ2v) is 7.57. The van der Waals surface area contributed by atoms with E-state index in [4.69, 9.17) is 10.4 Å². The second-order valence-electron chi connectivity index (χ2n) is 7.57. The van der Waals surface area contributed by atoms with E-state index in [2.05, 4.69) is 5.32 Å². The highest BCUT2D eigenvalue weighted by Gasteiger charge is 2.38. The van der Waals surface area contributed by atoms with E-state index in [1.165, 1.54) is 6.21 Å². The molecule has 0 spiro atoms. The van der Waals surface area contributed by atoms with Crippen molar-refractivity contribution in [2.45, 2.75) is 25.5 Å². The molecule has 32 heavy (non-hydrogen) atoms. The van der Waals surface area contributed by atoms with Crippen molar-refractivity contribution in [3.8, 4) is 0 Å². The Morgan fingerprint density at radius 3 is 2.25 bits per heavy atom. The first-order valence-electron chi connectivity index (χ1n) is 10.7. The zero-order chi connectivity index (χ0) is 22.6. The van der Waals surface area contributed by atoms with Crippen molar-refractivity contribution in [1.29, 1.82) is 5.41 Å². The fourth-order valence-electron chi connectivity index (χ4n) is 4.00. The second kappa shape index (κ2) is 9.16. The highest BCUT2D eigenvalue weighted by atomic mass is 16.3. The molecular formula is C26H26N4O2. The average Bonchev–Trinajstić information content (AvgIpc) is 3.23. The summed E-state index contributed by atoms with van der Waals surface area (Å²) in [5.74, 6) is 0.314. The molecule has 3 N–H and O–H groups in total. The molecule has 0 aliphatic carbocycles. The molecule has 1 heterocycles. The summed E-state index contributed by atoms with van der Waals surface area (Å²) in [5, 5.41) is 22.1. The van der Waals surface area contributed by atoms with Gasteiger partial charge in [-0.1, -0.05) is 60.7 Å². The van der Waals surface area contributed by atoms with Crippen LogP contribution >= 0.6 is 0 Å². The molecule has 4 aromatic rings. The number of aromatic nitrogens is 2. The van der Waals surface area contributed by atoms with Gasteiger partial charge in [0.25, 0.3) is 5.91 Å². The number of hydrogen-bond donors (Lipinski definition) is 3. The van der Waals surface area contributed by atoms with Crippen molar-refractivity contribution in [2.75, 3.05) is 6.54 Å². The molecule has 0 atom stereocenters. The van der Waals surface area contributed by atoms with Crippen LogP contribution < -0.4 is 5.32 Å². The molecule has 1 amide bonds. The summed E-state index contributed by atoms with van der Waals surface area (Å²) in [6, 6.07) is 24.4. The van der Waals surface area contributed by atoms with E-state index in [1.54, 1.807) is 6.07 Å². The maximum atomic E-state index is 12.5. The molecule has 0 aliphatic heterocycles. The minimum atomic E-state index is -1.45. The number of carbonyl (C=O) groups excluding carboxylic acids is 1. The van der Waals surface area contributed by atoms with Gasteiger partial charge in [-0.2, -0.15) is 0 Å². The van der Waals surface area contributed by atoms with Crippen molar-refractivity contribution in [1.82, 2.24) is 14.9 Å². The standard InChI is InChI=1S/C26H26N4O2/c1-2-30-23-18-19(24(31)28-17-9-16-27)14-15-22(23)29-25(30)26(32,20-10-5-3-6-11-20)21-12-7-4-8-13-21/h3-8,10-16,18,27,32H,2,9,17H2,1H3,(H,28,31). The molecule has 6 nitrogen and oxygen atoms in total. The van der Waals surface area contributed by atoms with E-state index < -0.39 is 5.60 Å². The van der Waals surface area contributed by atoms with Gasteiger partial charge in [0.2, 0.25) is 0 Å². The predicted octanol–water partition coefficient (Wildman–Crippen LogP) is 4.11. The van der Waals surface area contributed by atoms with E-state index in [9.17, 15) is 9.90 Å². The molecule has 1 aromatic heterocycles. The first-order chi connectivity index (χ1) is 15.6. The zero-order valence-corrected chi connectivity index (χ0v) is 18.0. The van der Waals surface area contributed by atoms with Crippen LogP contribution in [-0.4, -0.2) is 33.3 Å².